The molecule has 1 amide bonds. The van der Waals surface area contributed by atoms with Crippen LogP contribution in [0.25, 0.3) is 0 Å². The van der Waals surface area contributed by atoms with Gasteiger partial charge in [0.05, 0.1) is 18.8 Å². The lowest BCUT2D eigenvalue weighted by atomic mass is 10.1. The monoisotopic (exact) mass is 434 g/mol. The van der Waals surface area contributed by atoms with Gasteiger partial charge in [0.1, 0.15) is 17.3 Å². The number of amides is 1. The average Bonchev–Trinajstić information content (AvgIpc) is 2.83. The zero-order valence-electron chi connectivity index (χ0n) is 18.0. The van der Waals surface area contributed by atoms with Crippen LogP contribution in [0.3, 0.4) is 0 Å². The fraction of sp³-hybridized carbons (Fsp3) is 0.269. The van der Waals surface area contributed by atoms with E-state index in [1.54, 1.807) is 17.0 Å². The molecule has 4 rings (SSSR count). The Morgan fingerprint density at radius 3 is 2.44 bits per heavy atom. The first-order valence-corrected chi connectivity index (χ1v) is 10.8. The third-order valence-corrected chi connectivity index (χ3v) is 5.43. The van der Waals surface area contributed by atoms with Gasteiger partial charge in [0.25, 0.3) is 5.91 Å². The number of hydrogen-bond donors (Lipinski definition) is 0. The highest BCUT2D eigenvalue weighted by molar-refractivity contribution is 5.94. The summed E-state index contributed by atoms with van der Waals surface area (Å²) in [5.74, 6) is 0.622. The molecule has 0 aliphatic carbocycles. The highest BCUT2D eigenvalue weighted by Crippen LogP contribution is 2.23. The van der Waals surface area contributed by atoms with Crippen LogP contribution < -0.4 is 4.74 Å². The van der Waals surface area contributed by atoms with Gasteiger partial charge in [-0.25, -0.2) is 4.39 Å². The van der Waals surface area contributed by atoms with Gasteiger partial charge in [-0.15, -0.1) is 0 Å². The summed E-state index contributed by atoms with van der Waals surface area (Å²) in [7, 11) is 0. The number of carbonyl (C=O) groups is 1. The summed E-state index contributed by atoms with van der Waals surface area (Å²) in [5.41, 5.74) is 1.01. The van der Waals surface area contributed by atoms with Gasteiger partial charge in [-0.1, -0.05) is 42.5 Å². The van der Waals surface area contributed by atoms with Gasteiger partial charge in [0, 0.05) is 32.7 Å². The molecule has 1 aliphatic rings. The smallest absolute Gasteiger partial charge is 0.257 e. The molecule has 1 aliphatic heterocycles. The number of morpholine rings is 1. The number of hydrogen-bond acceptors (Lipinski definition) is 4. The summed E-state index contributed by atoms with van der Waals surface area (Å²) in [6, 6.07) is 23.3. The zero-order valence-corrected chi connectivity index (χ0v) is 18.0. The first kappa shape index (κ1) is 22.0. The van der Waals surface area contributed by atoms with Crippen LogP contribution in [0.5, 0.6) is 11.5 Å². The van der Waals surface area contributed by atoms with E-state index in [9.17, 15) is 9.18 Å². The number of carbonyl (C=O) groups excluding carboxylic acids is 1. The minimum atomic E-state index is -0.505. The van der Waals surface area contributed by atoms with Crippen molar-refractivity contribution in [2.24, 2.45) is 0 Å². The first-order chi connectivity index (χ1) is 15.7. The molecule has 1 heterocycles. The molecular weight excluding hydrogens is 407 g/mol. The Hall–Kier alpha value is -3.22. The molecule has 0 unspecified atom stereocenters. The van der Waals surface area contributed by atoms with E-state index >= 15 is 0 Å². The molecule has 166 valence electrons. The molecule has 32 heavy (non-hydrogen) atoms. The molecule has 0 saturated carbocycles. The second kappa shape index (κ2) is 10.9. The maximum absolute atomic E-state index is 14.3. The van der Waals surface area contributed by atoms with Gasteiger partial charge in [-0.3, -0.25) is 9.69 Å². The van der Waals surface area contributed by atoms with Crippen LogP contribution in [0.15, 0.2) is 78.9 Å². The fourth-order valence-corrected chi connectivity index (χ4v) is 3.70. The molecule has 0 N–H and O–H groups in total. The third-order valence-electron chi connectivity index (χ3n) is 5.43. The molecule has 0 atom stereocenters. The standard InChI is InChI=1S/C26H27FN2O3/c27-25-12-5-4-11-24(25)26(30)29(14-13-28-15-17-31-18-16-28)20-21-7-6-10-23(19-21)32-22-8-2-1-3-9-22/h1-12,19H,13-18,20H2. The lowest BCUT2D eigenvalue weighted by molar-refractivity contribution is 0.0319. The third kappa shape index (κ3) is 5.93. The molecule has 0 bridgehead atoms. The Bertz CT molecular complexity index is 1020. The van der Waals surface area contributed by atoms with Crippen molar-refractivity contribution in [3.8, 4) is 11.5 Å². The predicted molar refractivity (Wildman–Crippen MR) is 121 cm³/mol. The van der Waals surface area contributed by atoms with Crippen LogP contribution >= 0.6 is 0 Å². The Kier molecular flexibility index (Phi) is 7.48. The lowest BCUT2D eigenvalue weighted by Gasteiger charge is -2.30. The molecule has 3 aromatic rings. The number of halogens is 1. The summed E-state index contributed by atoms with van der Waals surface area (Å²) in [4.78, 5) is 17.2. The van der Waals surface area contributed by atoms with Crippen molar-refractivity contribution in [2.75, 3.05) is 39.4 Å². The van der Waals surface area contributed by atoms with E-state index in [4.69, 9.17) is 9.47 Å². The molecule has 0 spiro atoms. The van der Waals surface area contributed by atoms with Gasteiger partial charge in [-0.2, -0.15) is 0 Å². The molecule has 3 aromatic carbocycles. The lowest BCUT2D eigenvalue weighted by Crippen LogP contribution is -2.43. The van der Waals surface area contributed by atoms with E-state index in [1.165, 1.54) is 12.1 Å². The Morgan fingerprint density at radius 2 is 1.66 bits per heavy atom. The van der Waals surface area contributed by atoms with E-state index in [-0.39, 0.29) is 11.5 Å². The summed E-state index contributed by atoms with van der Waals surface area (Å²) in [6.07, 6.45) is 0. The molecule has 0 radical (unpaired) electrons. The van der Waals surface area contributed by atoms with Crippen molar-refractivity contribution in [1.82, 2.24) is 9.80 Å². The van der Waals surface area contributed by atoms with Crippen molar-refractivity contribution in [3.05, 3.63) is 95.8 Å². The van der Waals surface area contributed by atoms with E-state index in [2.05, 4.69) is 4.90 Å². The normalized spacial score (nSPS) is 14.2. The second-order valence-corrected chi connectivity index (χ2v) is 7.72. The second-order valence-electron chi connectivity index (χ2n) is 7.72. The Labute approximate surface area is 188 Å². The van der Waals surface area contributed by atoms with Crippen LogP contribution in [-0.4, -0.2) is 55.1 Å². The quantitative estimate of drug-likeness (QED) is 0.520. The molecule has 0 aromatic heterocycles. The van der Waals surface area contributed by atoms with E-state index in [0.717, 1.165) is 24.4 Å². The highest BCUT2D eigenvalue weighted by atomic mass is 19.1. The number of para-hydroxylation sites is 1. The van der Waals surface area contributed by atoms with E-state index in [0.29, 0.717) is 38.6 Å². The maximum atomic E-state index is 14.3. The van der Waals surface area contributed by atoms with Crippen LogP contribution in [0.2, 0.25) is 0 Å². The van der Waals surface area contributed by atoms with Crippen LogP contribution in [0.1, 0.15) is 15.9 Å². The minimum absolute atomic E-state index is 0.0890. The molecule has 6 heteroatoms. The van der Waals surface area contributed by atoms with Crippen molar-refractivity contribution in [1.29, 1.82) is 0 Å². The highest BCUT2D eigenvalue weighted by Gasteiger charge is 2.21. The number of nitrogens with zero attached hydrogens (tertiary/aromatic N) is 2. The fourth-order valence-electron chi connectivity index (χ4n) is 3.70. The van der Waals surface area contributed by atoms with Gasteiger partial charge in [0.2, 0.25) is 0 Å². The van der Waals surface area contributed by atoms with Crippen LogP contribution in [0.4, 0.5) is 4.39 Å². The van der Waals surface area contributed by atoms with Crippen LogP contribution in [0, 0.1) is 5.82 Å². The molecule has 1 saturated heterocycles. The molecule has 5 nitrogen and oxygen atoms in total. The van der Waals surface area contributed by atoms with Crippen molar-refractivity contribution < 1.29 is 18.7 Å². The Balaban J connectivity index is 1.51. The topological polar surface area (TPSA) is 42.0 Å². The summed E-state index contributed by atoms with van der Waals surface area (Å²) in [5, 5.41) is 0. The summed E-state index contributed by atoms with van der Waals surface area (Å²) < 4.78 is 25.7. The minimum Gasteiger partial charge on any atom is -0.457 e. The van der Waals surface area contributed by atoms with Gasteiger partial charge in [0.15, 0.2) is 0 Å². The first-order valence-electron chi connectivity index (χ1n) is 10.8. The largest absolute Gasteiger partial charge is 0.457 e. The maximum Gasteiger partial charge on any atom is 0.257 e. The van der Waals surface area contributed by atoms with Crippen LogP contribution in [-0.2, 0) is 11.3 Å². The Morgan fingerprint density at radius 1 is 0.938 bits per heavy atom. The van der Waals surface area contributed by atoms with Crippen molar-refractivity contribution >= 4 is 5.91 Å². The predicted octanol–water partition coefficient (Wildman–Crippen LogP) is 4.59. The SMILES string of the molecule is O=C(c1ccccc1F)N(CCN1CCOCC1)Cc1cccc(Oc2ccccc2)c1. The summed E-state index contributed by atoms with van der Waals surface area (Å²) in [6.45, 7) is 4.63. The van der Waals surface area contributed by atoms with Gasteiger partial charge in [-0.05, 0) is 42.0 Å². The van der Waals surface area contributed by atoms with Gasteiger partial charge < -0.3 is 14.4 Å². The summed E-state index contributed by atoms with van der Waals surface area (Å²) >= 11 is 0. The number of ether oxygens (including phenoxy) is 2. The number of rotatable bonds is 8. The molecule has 1 fully saturated rings. The van der Waals surface area contributed by atoms with E-state index < -0.39 is 5.82 Å². The van der Waals surface area contributed by atoms with Gasteiger partial charge >= 0.3 is 0 Å². The van der Waals surface area contributed by atoms with Crippen molar-refractivity contribution in [3.63, 3.8) is 0 Å². The van der Waals surface area contributed by atoms with Crippen molar-refractivity contribution in [2.45, 2.75) is 6.54 Å². The number of benzene rings is 3. The zero-order chi connectivity index (χ0) is 22.2. The molecular formula is C26H27FN2O3. The average molecular weight is 435 g/mol. The van der Waals surface area contributed by atoms with E-state index in [1.807, 2.05) is 54.6 Å².